The first-order valence-electron chi connectivity index (χ1n) is 20.5. The lowest BCUT2D eigenvalue weighted by atomic mass is 9.67. The van der Waals surface area contributed by atoms with Crippen LogP contribution in [0, 0.1) is 0 Å². The van der Waals surface area contributed by atoms with E-state index < -0.39 is 5.41 Å². The molecule has 2 heteroatoms. The first-order chi connectivity index (χ1) is 28.2. The minimum absolute atomic E-state index is 0.533. The minimum Gasteiger partial charge on any atom is -0.341 e. The van der Waals surface area contributed by atoms with Gasteiger partial charge in [-0.05, 0) is 130 Å². The summed E-state index contributed by atoms with van der Waals surface area (Å²) in [7, 11) is 0. The van der Waals surface area contributed by atoms with Crippen LogP contribution in [0.2, 0.25) is 0 Å². The van der Waals surface area contributed by atoms with E-state index >= 15 is 0 Å². The number of fused-ring (bicyclic) bond motifs is 9. The molecule has 0 amide bonds. The van der Waals surface area contributed by atoms with Crippen molar-refractivity contribution in [2.45, 2.75) is 32.1 Å². The highest BCUT2D eigenvalue weighted by Crippen LogP contribution is 2.58. The van der Waals surface area contributed by atoms with Gasteiger partial charge in [0.2, 0.25) is 0 Å². The number of nitrogens with zero attached hydrogens (tertiary/aromatic N) is 2. The van der Waals surface area contributed by atoms with E-state index in [1.807, 2.05) is 0 Å². The average Bonchev–Trinajstić information content (AvgIpc) is 3.93. The van der Waals surface area contributed by atoms with Crippen LogP contribution < -0.4 is 9.80 Å². The molecular weight excluding hydrogens is 689 g/mol. The molecule has 0 spiro atoms. The molecule has 0 N–H and O–H groups in total. The van der Waals surface area contributed by atoms with Crippen LogP contribution in [0.25, 0.3) is 33.4 Å². The zero-order chi connectivity index (χ0) is 38.1. The van der Waals surface area contributed by atoms with Crippen molar-refractivity contribution in [2.24, 2.45) is 0 Å². The summed E-state index contributed by atoms with van der Waals surface area (Å²) in [6.45, 7) is 6.28. The average molecular weight is 733 g/mol. The number of hydrogen-bond donors (Lipinski definition) is 0. The Morgan fingerprint density at radius 1 is 0.386 bits per heavy atom. The van der Waals surface area contributed by atoms with E-state index in [0.717, 1.165) is 25.9 Å². The van der Waals surface area contributed by atoms with E-state index in [1.54, 1.807) is 0 Å². The van der Waals surface area contributed by atoms with E-state index in [4.69, 9.17) is 0 Å². The lowest BCUT2D eigenvalue weighted by Crippen LogP contribution is -2.29. The van der Waals surface area contributed by atoms with Crippen LogP contribution in [-0.2, 0) is 18.3 Å². The van der Waals surface area contributed by atoms with Crippen LogP contribution in [0.3, 0.4) is 0 Å². The van der Waals surface area contributed by atoms with Crippen molar-refractivity contribution in [3.8, 4) is 33.4 Å². The third kappa shape index (κ3) is 4.96. The van der Waals surface area contributed by atoms with Crippen molar-refractivity contribution in [3.63, 3.8) is 0 Å². The van der Waals surface area contributed by atoms with Crippen LogP contribution in [0.1, 0.15) is 58.4 Å². The normalized spacial score (nSPS) is 13.6. The molecule has 0 saturated heterocycles. The molecule has 0 atom stereocenters. The van der Waals surface area contributed by atoms with Gasteiger partial charge in [-0.2, -0.15) is 0 Å². The maximum atomic E-state index is 2.53. The van der Waals surface area contributed by atoms with Gasteiger partial charge in [0, 0.05) is 47.0 Å². The SMILES string of the molecule is CCN(c1ccc2c(c1)C(c1ccccc1)(c1ccccc1)c1cc(N(CC)c3cccc4c3-c3ccccc3C4)ccc1-2)c1cccc2c1-c1ccccc1C2. The summed E-state index contributed by atoms with van der Waals surface area (Å²) < 4.78 is 0. The third-order valence-corrected chi connectivity index (χ3v) is 12.9. The summed E-state index contributed by atoms with van der Waals surface area (Å²) in [5, 5.41) is 0. The molecule has 8 aromatic carbocycles. The van der Waals surface area contributed by atoms with Gasteiger partial charge in [-0.1, -0.05) is 146 Å². The van der Waals surface area contributed by atoms with Gasteiger partial charge < -0.3 is 9.80 Å². The van der Waals surface area contributed by atoms with Crippen LogP contribution in [0.5, 0.6) is 0 Å². The Hall–Kier alpha value is -6.64. The lowest BCUT2D eigenvalue weighted by Gasteiger charge is -2.35. The van der Waals surface area contributed by atoms with Crippen LogP contribution >= 0.6 is 0 Å². The summed E-state index contributed by atoms with van der Waals surface area (Å²) >= 11 is 0. The van der Waals surface area contributed by atoms with Crippen molar-refractivity contribution in [1.29, 1.82) is 0 Å². The zero-order valence-electron chi connectivity index (χ0n) is 32.5. The maximum Gasteiger partial charge on any atom is 0.0715 e. The molecule has 0 aromatic heterocycles. The molecule has 0 saturated carbocycles. The molecule has 0 fully saturated rings. The Balaban J connectivity index is 1.13. The summed E-state index contributed by atoms with van der Waals surface area (Å²) in [4.78, 5) is 5.06. The molecule has 0 radical (unpaired) electrons. The van der Waals surface area contributed by atoms with Gasteiger partial charge in [-0.25, -0.2) is 0 Å². The maximum absolute atomic E-state index is 2.53. The second kappa shape index (κ2) is 13.2. The number of benzene rings is 8. The quantitative estimate of drug-likeness (QED) is 0.153. The summed E-state index contributed by atoms with van der Waals surface area (Å²) in [5.74, 6) is 0. The molecule has 3 aliphatic rings. The molecule has 274 valence electrons. The molecule has 11 rings (SSSR count). The lowest BCUT2D eigenvalue weighted by molar-refractivity contribution is 0.767. The molecule has 8 aromatic rings. The van der Waals surface area contributed by atoms with Gasteiger partial charge in [-0.3, -0.25) is 0 Å². The van der Waals surface area contributed by atoms with Gasteiger partial charge in [-0.15, -0.1) is 0 Å². The first kappa shape index (κ1) is 33.7. The van der Waals surface area contributed by atoms with E-state index in [0.29, 0.717) is 0 Å². The molecule has 0 heterocycles. The standard InChI is InChI=1S/C55H44N2/c1-3-56(51-27-15-19-39-33-37-17-11-13-25-45(37)53(39)51)43-29-31-47-48-32-30-44(57(4-2)52-28-16-20-40-34-38-18-12-14-26-46(38)54(40)52)36-50(48)55(49(47)35-43,41-21-7-5-8-22-41)42-23-9-6-10-24-42/h5-32,35-36H,3-4,33-34H2,1-2H3. The molecule has 2 nitrogen and oxygen atoms in total. The van der Waals surface area contributed by atoms with Crippen LogP contribution in [0.15, 0.2) is 182 Å². The number of hydrogen-bond acceptors (Lipinski definition) is 2. The van der Waals surface area contributed by atoms with Gasteiger partial charge >= 0.3 is 0 Å². The van der Waals surface area contributed by atoms with Crippen molar-refractivity contribution in [3.05, 3.63) is 226 Å². The molecular formula is C55H44N2. The van der Waals surface area contributed by atoms with Crippen molar-refractivity contribution in [2.75, 3.05) is 22.9 Å². The van der Waals surface area contributed by atoms with Crippen molar-refractivity contribution >= 4 is 22.7 Å². The molecule has 3 aliphatic carbocycles. The van der Waals surface area contributed by atoms with Gasteiger partial charge in [0.05, 0.1) is 5.41 Å². The molecule has 0 aliphatic heterocycles. The Morgan fingerprint density at radius 2 is 0.789 bits per heavy atom. The Kier molecular flexibility index (Phi) is 7.83. The fourth-order valence-electron chi connectivity index (χ4n) is 10.6. The van der Waals surface area contributed by atoms with E-state index in [-0.39, 0.29) is 0 Å². The Labute approximate surface area is 336 Å². The summed E-state index contributed by atoms with van der Waals surface area (Å²) in [6.07, 6.45) is 1.97. The highest BCUT2D eigenvalue weighted by molar-refractivity contribution is 5.94. The topological polar surface area (TPSA) is 6.48 Å². The largest absolute Gasteiger partial charge is 0.341 e. The van der Waals surface area contributed by atoms with E-state index in [1.165, 1.54) is 101 Å². The number of anilines is 4. The van der Waals surface area contributed by atoms with Crippen LogP contribution in [-0.4, -0.2) is 13.1 Å². The predicted molar refractivity (Wildman–Crippen MR) is 238 cm³/mol. The predicted octanol–water partition coefficient (Wildman–Crippen LogP) is 13.5. The Bertz CT molecular complexity index is 2640. The smallest absolute Gasteiger partial charge is 0.0715 e. The second-order valence-corrected chi connectivity index (χ2v) is 15.7. The van der Waals surface area contributed by atoms with Crippen molar-refractivity contribution in [1.82, 2.24) is 0 Å². The van der Waals surface area contributed by atoms with E-state index in [2.05, 4.69) is 206 Å². The summed E-state index contributed by atoms with van der Waals surface area (Å²) in [6, 6.07) is 68.6. The van der Waals surface area contributed by atoms with Crippen LogP contribution in [0.4, 0.5) is 22.7 Å². The fraction of sp³-hybridized carbons (Fsp3) is 0.127. The fourth-order valence-corrected chi connectivity index (χ4v) is 10.6. The molecule has 0 bridgehead atoms. The molecule has 0 unspecified atom stereocenters. The third-order valence-electron chi connectivity index (χ3n) is 12.9. The van der Waals surface area contributed by atoms with E-state index in [9.17, 15) is 0 Å². The zero-order valence-corrected chi connectivity index (χ0v) is 32.5. The van der Waals surface area contributed by atoms with Gasteiger partial charge in [0.15, 0.2) is 0 Å². The highest BCUT2D eigenvalue weighted by atomic mass is 15.1. The highest BCUT2D eigenvalue weighted by Gasteiger charge is 2.47. The van der Waals surface area contributed by atoms with Gasteiger partial charge in [0.25, 0.3) is 0 Å². The van der Waals surface area contributed by atoms with Gasteiger partial charge in [0.1, 0.15) is 0 Å². The number of rotatable bonds is 8. The first-order valence-corrected chi connectivity index (χ1v) is 20.5. The van der Waals surface area contributed by atoms with Crippen molar-refractivity contribution < 1.29 is 0 Å². The minimum atomic E-state index is -0.533. The second-order valence-electron chi connectivity index (χ2n) is 15.7. The molecule has 57 heavy (non-hydrogen) atoms. The summed E-state index contributed by atoms with van der Waals surface area (Å²) in [5.41, 5.74) is 23.4. The monoisotopic (exact) mass is 732 g/mol. The Morgan fingerprint density at radius 3 is 1.23 bits per heavy atom.